The van der Waals surface area contributed by atoms with Crippen LogP contribution in [0.1, 0.15) is 30.4 Å². The Morgan fingerprint density at radius 3 is 2.65 bits per heavy atom. The van der Waals surface area contributed by atoms with Crippen molar-refractivity contribution in [2.45, 2.75) is 31.7 Å². The van der Waals surface area contributed by atoms with E-state index in [0.717, 1.165) is 22.7 Å². The zero-order valence-electron chi connectivity index (χ0n) is 11.2. The molecule has 3 rings (SSSR count). The monoisotopic (exact) mass is 313 g/mol. The molecule has 0 amide bonds. The van der Waals surface area contributed by atoms with Gasteiger partial charge in [-0.15, -0.1) is 11.6 Å². The molecule has 0 radical (unpaired) electrons. The van der Waals surface area contributed by atoms with Gasteiger partial charge in [0.15, 0.2) is 5.65 Å². The third-order valence-corrected chi connectivity index (χ3v) is 5.71. The van der Waals surface area contributed by atoms with E-state index in [1.54, 1.807) is 0 Å². The van der Waals surface area contributed by atoms with E-state index in [2.05, 4.69) is 9.97 Å². The molecule has 0 saturated carbocycles. The first-order valence-electron chi connectivity index (χ1n) is 6.61. The van der Waals surface area contributed by atoms with Crippen molar-refractivity contribution in [1.29, 1.82) is 0 Å². The number of aryl methyl sites for hydroxylation is 1. The molecule has 1 saturated heterocycles. The van der Waals surface area contributed by atoms with Gasteiger partial charge in [-0.05, 0) is 31.9 Å². The minimum absolute atomic E-state index is 0.117. The van der Waals surface area contributed by atoms with E-state index in [1.807, 2.05) is 23.6 Å². The maximum Gasteiger partial charge on any atom is 0.160 e. The summed E-state index contributed by atoms with van der Waals surface area (Å²) in [4.78, 5) is 9.05. The quantitative estimate of drug-likeness (QED) is 0.798. The zero-order chi connectivity index (χ0) is 14.3. The van der Waals surface area contributed by atoms with Gasteiger partial charge in [0.25, 0.3) is 0 Å². The number of rotatable bonds is 2. The Hall–Kier alpha value is -1.14. The fraction of sp³-hybridized carbons (Fsp3) is 0.538. The van der Waals surface area contributed by atoms with Crippen LogP contribution in [0.4, 0.5) is 0 Å². The molecular weight excluding hydrogens is 298 g/mol. The SMILES string of the molecule is Cc1ccc2nc(CCl)n(C3CCS(=O)(=O)CC3)c2n1. The Kier molecular flexibility index (Phi) is 3.46. The third-order valence-electron chi connectivity index (χ3n) is 3.76. The van der Waals surface area contributed by atoms with Gasteiger partial charge in [0, 0.05) is 11.7 Å². The van der Waals surface area contributed by atoms with Crippen LogP contribution in [0, 0.1) is 6.92 Å². The van der Waals surface area contributed by atoms with Gasteiger partial charge in [0.1, 0.15) is 21.2 Å². The Bertz CT molecular complexity index is 740. The Labute approximate surface area is 122 Å². The predicted octanol–water partition coefficient (Wildman–Crippen LogP) is 2.23. The summed E-state index contributed by atoms with van der Waals surface area (Å²) in [7, 11) is -2.87. The molecule has 1 fully saturated rings. The first-order valence-corrected chi connectivity index (χ1v) is 8.96. The molecule has 0 bridgehead atoms. The van der Waals surface area contributed by atoms with Gasteiger partial charge < -0.3 is 4.57 Å². The van der Waals surface area contributed by atoms with Crippen LogP contribution in [0.5, 0.6) is 0 Å². The first-order chi connectivity index (χ1) is 9.50. The van der Waals surface area contributed by atoms with Crippen molar-refractivity contribution < 1.29 is 8.42 Å². The highest BCUT2D eigenvalue weighted by Crippen LogP contribution is 2.29. The molecule has 7 heteroatoms. The number of nitrogens with zero attached hydrogens (tertiary/aromatic N) is 3. The van der Waals surface area contributed by atoms with Crippen LogP contribution < -0.4 is 0 Å². The number of hydrogen-bond acceptors (Lipinski definition) is 4. The number of alkyl halides is 1. The summed E-state index contributed by atoms with van der Waals surface area (Å²) >= 11 is 5.99. The molecule has 2 aromatic rings. The molecule has 5 nitrogen and oxygen atoms in total. The molecule has 108 valence electrons. The van der Waals surface area contributed by atoms with Crippen LogP contribution in [0.15, 0.2) is 12.1 Å². The van der Waals surface area contributed by atoms with Gasteiger partial charge in [-0.3, -0.25) is 0 Å². The van der Waals surface area contributed by atoms with Crippen LogP contribution in [0.25, 0.3) is 11.2 Å². The fourth-order valence-corrected chi connectivity index (χ4v) is 4.38. The number of pyridine rings is 1. The van der Waals surface area contributed by atoms with E-state index in [1.165, 1.54) is 0 Å². The van der Waals surface area contributed by atoms with Crippen LogP contribution >= 0.6 is 11.6 Å². The maximum atomic E-state index is 11.6. The summed E-state index contributed by atoms with van der Waals surface area (Å²) in [6.45, 7) is 1.93. The molecule has 0 unspecified atom stereocenters. The summed E-state index contributed by atoms with van der Waals surface area (Å²) in [6.07, 6.45) is 1.21. The predicted molar refractivity (Wildman–Crippen MR) is 78.7 cm³/mol. The third kappa shape index (κ3) is 2.42. The average Bonchev–Trinajstić information content (AvgIpc) is 2.76. The standard InChI is InChI=1S/C13H16ClN3O2S/c1-9-2-3-11-13(15-9)17(12(8-14)16-11)10-4-6-20(18,19)7-5-10/h2-3,10H,4-8H2,1H3. The van der Waals surface area contributed by atoms with Gasteiger partial charge in [-0.25, -0.2) is 18.4 Å². The number of aromatic nitrogens is 3. The molecule has 0 atom stereocenters. The van der Waals surface area contributed by atoms with Crippen molar-refractivity contribution in [1.82, 2.24) is 14.5 Å². The van der Waals surface area contributed by atoms with Crippen molar-refractivity contribution >= 4 is 32.6 Å². The molecular formula is C13H16ClN3O2S. The molecule has 20 heavy (non-hydrogen) atoms. The minimum atomic E-state index is -2.87. The molecule has 2 aromatic heterocycles. The summed E-state index contributed by atoms with van der Waals surface area (Å²) in [5.74, 6) is 1.53. The van der Waals surface area contributed by atoms with Gasteiger partial charge in [-0.1, -0.05) is 0 Å². The second-order valence-corrected chi connectivity index (χ2v) is 7.78. The average molecular weight is 314 g/mol. The fourth-order valence-electron chi connectivity index (χ4n) is 2.73. The van der Waals surface area contributed by atoms with Crippen LogP contribution in [0.3, 0.4) is 0 Å². The highest BCUT2D eigenvalue weighted by Gasteiger charge is 2.27. The lowest BCUT2D eigenvalue weighted by atomic mass is 10.1. The van der Waals surface area contributed by atoms with Gasteiger partial charge in [0.05, 0.1) is 17.4 Å². The number of fused-ring (bicyclic) bond motifs is 1. The molecule has 3 heterocycles. The second-order valence-electron chi connectivity index (χ2n) is 5.21. The van der Waals surface area contributed by atoms with E-state index in [-0.39, 0.29) is 17.5 Å². The smallest absolute Gasteiger partial charge is 0.160 e. The molecule has 0 aliphatic carbocycles. The lowest BCUT2D eigenvalue weighted by Crippen LogP contribution is -2.26. The van der Waals surface area contributed by atoms with E-state index in [0.29, 0.717) is 18.7 Å². The summed E-state index contributed by atoms with van der Waals surface area (Å²) in [5.41, 5.74) is 2.55. The lowest BCUT2D eigenvalue weighted by Gasteiger charge is -2.24. The van der Waals surface area contributed by atoms with E-state index in [4.69, 9.17) is 11.6 Å². The van der Waals surface area contributed by atoms with Crippen molar-refractivity contribution in [2.75, 3.05) is 11.5 Å². The number of sulfone groups is 1. The summed E-state index contributed by atoms with van der Waals surface area (Å²) in [6, 6.07) is 3.97. The first kappa shape index (κ1) is 13.8. The Morgan fingerprint density at radius 1 is 1.30 bits per heavy atom. The van der Waals surface area contributed by atoms with E-state index >= 15 is 0 Å². The maximum absolute atomic E-state index is 11.6. The molecule has 0 N–H and O–H groups in total. The normalized spacial score (nSPS) is 19.5. The molecule has 1 aliphatic heterocycles. The highest BCUT2D eigenvalue weighted by molar-refractivity contribution is 7.91. The van der Waals surface area contributed by atoms with E-state index < -0.39 is 9.84 Å². The van der Waals surface area contributed by atoms with Crippen molar-refractivity contribution in [3.05, 3.63) is 23.7 Å². The van der Waals surface area contributed by atoms with Crippen molar-refractivity contribution in [2.24, 2.45) is 0 Å². The lowest BCUT2D eigenvalue weighted by molar-refractivity contribution is 0.448. The number of halogens is 1. The Morgan fingerprint density at radius 2 is 2.00 bits per heavy atom. The van der Waals surface area contributed by atoms with E-state index in [9.17, 15) is 8.42 Å². The summed E-state index contributed by atoms with van der Waals surface area (Å²) in [5, 5.41) is 0. The van der Waals surface area contributed by atoms with Gasteiger partial charge >= 0.3 is 0 Å². The second kappa shape index (κ2) is 5.00. The molecule has 0 aromatic carbocycles. The summed E-state index contributed by atoms with van der Waals surface area (Å²) < 4.78 is 25.2. The van der Waals surface area contributed by atoms with Gasteiger partial charge in [0.2, 0.25) is 0 Å². The largest absolute Gasteiger partial charge is 0.309 e. The number of hydrogen-bond donors (Lipinski definition) is 0. The van der Waals surface area contributed by atoms with Crippen molar-refractivity contribution in [3.63, 3.8) is 0 Å². The minimum Gasteiger partial charge on any atom is -0.309 e. The zero-order valence-corrected chi connectivity index (χ0v) is 12.8. The van der Waals surface area contributed by atoms with Crippen LogP contribution in [0.2, 0.25) is 0 Å². The topological polar surface area (TPSA) is 64.8 Å². The Balaban J connectivity index is 2.08. The molecule has 1 aliphatic rings. The van der Waals surface area contributed by atoms with Gasteiger partial charge in [-0.2, -0.15) is 0 Å². The van der Waals surface area contributed by atoms with Crippen LogP contribution in [-0.4, -0.2) is 34.5 Å². The van der Waals surface area contributed by atoms with Crippen molar-refractivity contribution in [3.8, 4) is 0 Å². The van der Waals surface area contributed by atoms with Crippen LogP contribution in [-0.2, 0) is 15.7 Å². The number of imidazole rings is 1. The highest BCUT2D eigenvalue weighted by atomic mass is 35.5. The molecule has 0 spiro atoms.